The zero-order chi connectivity index (χ0) is 14.7. The molecule has 1 aromatic heterocycles. The second-order valence-electron chi connectivity index (χ2n) is 5.60. The van der Waals surface area contributed by atoms with E-state index in [9.17, 15) is 9.90 Å². The van der Waals surface area contributed by atoms with E-state index >= 15 is 0 Å². The van der Waals surface area contributed by atoms with Crippen LogP contribution in [0.3, 0.4) is 0 Å². The number of aromatic nitrogens is 2. The second kappa shape index (κ2) is 6.08. The van der Waals surface area contributed by atoms with Gasteiger partial charge in [0.2, 0.25) is 0 Å². The van der Waals surface area contributed by atoms with Crippen LogP contribution in [0.4, 0.5) is 5.82 Å². The Balaban J connectivity index is 1.89. The summed E-state index contributed by atoms with van der Waals surface area (Å²) in [5.74, 6) is -0.0202. The first kappa shape index (κ1) is 13.8. The minimum Gasteiger partial charge on any atom is -0.480 e. The number of aliphatic carboxylic acids is 1. The highest BCUT2D eigenvalue weighted by atomic mass is 16.4. The van der Waals surface area contributed by atoms with Gasteiger partial charge in [-0.2, -0.15) is 0 Å². The number of nitrogens with zero attached hydrogens (tertiary/aromatic N) is 2. The van der Waals surface area contributed by atoms with Crippen LogP contribution in [0.15, 0.2) is 30.6 Å². The number of para-hydroxylation sites is 1. The van der Waals surface area contributed by atoms with Gasteiger partial charge in [-0.15, -0.1) is 0 Å². The van der Waals surface area contributed by atoms with Gasteiger partial charge in [0.1, 0.15) is 18.2 Å². The molecule has 1 unspecified atom stereocenters. The molecule has 0 bridgehead atoms. The lowest BCUT2D eigenvalue weighted by Crippen LogP contribution is -2.38. The van der Waals surface area contributed by atoms with Gasteiger partial charge in [0.15, 0.2) is 0 Å². The highest BCUT2D eigenvalue weighted by molar-refractivity contribution is 5.90. The summed E-state index contributed by atoms with van der Waals surface area (Å²) in [7, 11) is 0. The topological polar surface area (TPSA) is 75.1 Å². The van der Waals surface area contributed by atoms with Crippen LogP contribution in [0.2, 0.25) is 0 Å². The number of benzene rings is 1. The molecular weight excluding hydrogens is 266 g/mol. The Morgan fingerprint density at radius 1 is 1.19 bits per heavy atom. The predicted molar refractivity (Wildman–Crippen MR) is 81.2 cm³/mol. The van der Waals surface area contributed by atoms with Crippen molar-refractivity contribution < 1.29 is 9.90 Å². The molecule has 1 saturated carbocycles. The molecule has 0 spiro atoms. The first-order valence-electron chi connectivity index (χ1n) is 7.45. The van der Waals surface area contributed by atoms with Crippen LogP contribution < -0.4 is 5.32 Å². The van der Waals surface area contributed by atoms with Crippen molar-refractivity contribution in [2.75, 3.05) is 5.32 Å². The first-order valence-corrected chi connectivity index (χ1v) is 7.45. The Hall–Kier alpha value is -2.17. The molecule has 0 radical (unpaired) electrons. The SMILES string of the molecule is O=C(O)C(Nc1ncnc2ccccc12)C1CCCCC1. The van der Waals surface area contributed by atoms with E-state index in [1.54, 1.807) is 0 Å². The maximum absolute atomic E-state index is 11.6. The molecule has 1 aromatic carbocycles. The number of fused-ring (bicyclic) bond motifs is 1. The fraction of sp³-hybridized carbons (Fsp3) is 0.438. The van der Waals surface area contributed by atoms with Gasteiger partial charge in [0.25, 0.3) is 0 Å². The molecule has 1 heterocycles. The van der Waals surface area contributed by atoms with Crippen molar-refractivity contribution in [3.63, 3.8) is 0 Å². The predicted octanol–water partition coefficient (Wildman–Crippen LogP) is 3.08. The molecular formula is C16H19N3O2. The van der Waals surface area contributed by atoms with Gasteiger partial charge >= 0.3 is 5.97 Å². The van der Waals surface area contributed by atoms with Crippen LogP contribution in [0, 0.1) is 5.92 Å². The molecule has 0 aliphatic heterocycles. The average Bonchev–Trinajstić information content (AvgIpc) is 2.53. The van der Waals surface area contributed by atoms with Gasteiger partial charge < -0.3 is 10.4 Å². The van der Waals surface area contributed by atoms with Gasteiger partial charge in [0, 0.05) is 5.39 Å². The zero-order valence-electron chi connectivity index (χ0n) is 11.8. The van der Waals surface area contributed by atoms with Gasteiger partial charge in [-0.25, -0.2) is 14.8 Å². The molecule has 5 nitrogen and oxygen atoms in total. The van der Waals surface area contributed by atoms with Crippen LogP contribution >= 0.6 is 0 Å². The average molecular weight is 285 g/mol. The van der Waals surface area contributed by atoms with Crippen molar-refractivity contribution in [2.45, 2.75) is 38.1 Å². The Bertz CT molecular complexity index is 633. The minimum atomic E-state index is -0.801. The monoisotopic (exact) mass is 285 g/mol. The third-order valence-corrected chi connectivity index (χ3v) is 4.22. The number of carboxylic acid groups (broad SMARTS) is 1. The summed E-state index contributed by atoms with van der Waals surface area (Å²) in [6, 6.07) is 7.06. The first-order chi connectivity index (χ1) is 10.3. The van der Waals surface area contributed by atoms with E-state index in [2.05, 4.69) is 15.3 Å². The van der Waals surface area contributed by atoms with Crippen molar-refractivity contribution >= 4 is 22.7 Å². The Morgan fingerprint density at radius 2 is 1.95 bits per heavy atom. The third kappa shape index (κ3) is 2.96. The maximum atomic E-state index is 11.6. The lowest BCUT2D eigenvalue weighted by atomic mass is 9.84. The molecule has 1 aliphatic carbocycles. The molecule has 110 valence electrons. The summed E-state index contributed by atoms with van der Waals surface area (Å²) in [5, 5.41) is 13.6. The van der Waals surface area contributed by atoms with E-state index in [4.69, 9.17) is 0 Å². The molecule has 5 heteroatoms. The highest BCUT2D eigenvalue weighted by Gasteiger charge is 2.29. The molecule has 3 rings (SSSR count). The van der Waals surface area contributed by atoms with Crippen LogP contribution in [-0.4, -0.2) is 27.1 Å². The van der Waals surface area contributed by atoms with Crippen LogP contribution in [0.25, 0.3) is 10.9 Å². The normalized spacial score (nSPS) is 17.5. The van der Waals surface area contributed by atoms with E-state index in [1.807, 2.05) is 24.3 Å². The number of carbonyl (C=O) groups is 1. The van der Waals surface area contributed by atoms with Gasteiger partial charge in [-0.3, -0.25) is 0 Å². The van der Waals surface area contributed by atoms with E-state index in [1.165, 1.54) is 12.7 Å². The Kier molecular flexibility index (Phi) is 3.99. The number of hydrogen-bond donors (Lipinski definition) is 2. The maximum Gasteiger partial charge on any atom is 0.326 e. The number of carboxylic acids is 1. The van der Waals surface area contributed by atoms with Crippen LogP contribution in [-0.2, 0) is 4.79 Å². The number of rotatable bonds is 4. The summed E-state index contributed by atoms with van der Waals surface area (Å²) < 4.78 is 0. The molecule has 1 aliphatic rings. The molecule has 0 saturated heterocycles. The summed E-state index contributed by atoms with van der Waals surface area (Å²) >= 11 is 0. The summed E-state index contributed by atoms with van der Waals surface area (Å²) in [6.45, 7) is 0. The van der Waals surface area contributed by atoms with Crippen LogP contribution in [0.5, 0.6) is 0 Å². The van der Waals surface area contributed by atoms with E-state index in [-0.39, 0.29) is 5.92 Å². The lowest BCUT2D eigenvalue weighted by Gasteiger charge is -2.28. The quantitative estimate of drug-likeness (QED) is 0.903. The van der Waals surface area contributed by atoms with Crippen molar-refractivity contribution in [2.24, 2.45) is 5.92 Å². The Morgan fingerprint density at radius 3 is 2.71 bits per heavy atom. The molecule has 1 atom stereocenters. The number of anilines is 1. The molecule has 21 heavy (non-hydrogen) atoms. The van der Waals surface area contributed by atoms with E-state index in [0.29, 0.717) is 5.82 Å². The van der Waals surface area contributed by atoms with Crippen molar-refractivity contribution in [3.8, 4) is 0 Å². The van der Waals surface area contributed by atoms with Crippen LogP contribution in [0.1, 0.15) is 32.1 Å². The van der Waals surface area contributed by atoms with E-state index < -0.39 is 12.0 Å². The fourth-order valence-corrected chi connectivity index (χ4v) is 3.12. The molecule has 2 N–H and O–H groups in total. The van der Waals surface area contributed by atoms with Crippen molar-refractivity contribution in [1.82, 2.24) is 9.97 Å². The third-order valence-electron chi connectivity index (χ3n) is 4.22. The van der Waals surface area contributed by atoms with Crippen molar-refractivity contribution in [1.29, 1.82) is 0 Å². The smallest absolute Gasteiger partial charge is 0.326 e. The second-order valence-corrected chi connectivity index (χ2v) is 5.60. The molecule has 2 aromatic rings. The summed E-state index contributed by atoms with van der Waals surface area (Å²) in [4.78, 5) is 20.1. The molecule has 0 amide bonds. The number of hydrogen-bond acceptors (Lipinski definition) is 4. The van der Waals surface area contributed by atoms with E-state index in [0.717, 1.165) is 36.6 Å². The largest absolute Gasteiger partial charge is 0.480 e. The standard InChI is InChI=1S/C16H19N3O2/c20-16(21)14(11-6-2-1-3-7-11)19-15-12-8-4-5-9-13(12)17-10-18-15/h4-5,8-11,14H,1-3,6-7H2,(H,20,21)(H,17,18,19). The van der Waals surface area contributed by atoms with Gasteiger partial charge in [-0.1, -0.05) is 31.4 Å². The minimum absolute atomic E-state index is 0.171. The van der Waals surface area contributed by atoms with Gasteiger partial charge in [-0.05, 0) is 30.9 Å². The Labute approximate surface area is 123 Å². The number of nitrogens with one attached hydrogen (secondary N) is 1. The lowest BCUT2D eigenvalue weighted by molar-refractivity contribution is -0.139. The van der Waals surface area contributed by atoms with Gasteiger partial charge in [0.05, 0.1) is 5.52 Å². The summed E-state index contributed by atoms with van der Waals surface area (Å²) in [5.41, 5.74) is 0.822. The summed E-state index contributed by atoms with van der Waals surface area (Å²) in [6.07, 6.45) is 6.84. The highest BCUT2D eigenvalue weighted by Crippen LogP contribution is 2.29. The molecule has 1 fully saturated rings. The zero-order valence-corrected chi connectivity index (χ0v) is 11.8. The van der Waals surface area contributed by atoms with Crippen molar-refractivity contribution in [3.05, 3.63) is 30.6 Å². The fourth-order valence-electron chi connectivity index (χ4n) is 3.12.